The fourth-order valence-electron chi connectivity index (χ4n) is 2.19. The summed E-state index contributed by atoms with van der Waals surface area (Å²) in [6, 6.07) is 15.3. The Kier molecular flexibility index (Phi) is 5.28. The van der Waals surface area contributed by atoms with Crippen molar-refractivity contribution in [3.05, 3.63) is 71.0 Å². The second-order valence-corrected chi connectivity index (χ2v) is 6.68. The summed E-state index contributed by atoms with van der Waals surface area (Å²) in [6.07, 6.45) is 1.60. The smallest absolute Gasteiger partial charge is 0.269 e. The Labute approximate surface area is 153 Å². The number of benzene rings is 2. The van der Waals surface area contributed by atoms with Gasteiger partial charge in [0, 0.05) is 23.5 Å². The first-order valence-corrected chi connectivity index (χ1v) is 8.60. The zero-order valence-corrected chi connectivity index (χ0v) is 14.6. The van der Waals surface area contributed by atoms with Crippen molar-refractivity contribution in [2.45, 2.75) is 17.3 Å². The minimum Gasteiger partial charge on any atom is -0.325 e. The monoisotopic (exact) mass is 369 g/mol. The van der Waals surface area contributed by atoms with Crippen molar-refractivity contribution < 1.29 is 9.72 Å². The number of hydrogen-bond acceptors (Lipinski definition) is 6. The summed E-state index contributed by atoms with van der Waals surface area (Å²) in [5, 5.41) is 21.6. The molecule has 0 fully saturated rings. The molecule has 0 aliphatic rings. The van der Waals surface area contributed by atoms with E-state index < -0.39 is 10.2 Å². The first kappa shape index (κ1) is 17.6. The number of aromatic nitrogens is 3. The highest BCUT2D eigenvalue weighted by molar-refractivity contribution is 8.00. The molecule has 0 aliphatic heterocycles. The number of thioether (sulfide) groups is 1. The number of rotatable bonds is 6. The number of non-ortho nitro benzene ring substituents is 1. The number of nitro benzene ring substituents is 1. The van der Waals surface area contributed by atoms with Crippen LogP contribution in [0.2, 0.25) is 0 Å². The molecule has 9 heteroatoms. The van der Waals surface area contributed by atoms with Crippen molar-refractivity contribution in [1.82, 2.24) is 14.8 Å². The lowest BCUT2D eigenvalue weighted by Crippen LogP contribution is -2.22. The van der Waals surface area contributed by atoms with Gasteiger partial charge in [-0.3, -0.25) is 19.5 Å². The normalized spacial score (nSPS) is 11.7. The number of carbonyl (C=O) groups excluding carboxylic acids is 1. The minimum atomic E-state index is -0.486. The number of amides is 1. The van der Waals surface area contributed by atoms with Gasteiger partial charge >= 0.3 is 0 Å². The zero-order valence-electron chi connectivity index (χ0n) is 13.8. The molecule has 0 saturated carbocycles. The Morgan fingerprint density at radius 2 is 1.88 bits per heavy atom. The fourth-order valence-corrected chi connectivity index (χ4v) is 3.04. The van der Waals surface area contributed by atoms with Gasteiger partial charge in [-0.05, 0) is 31.2 Å². The van der Waals surface area contributed by atoms with Crippen molar-refractivity contribution in [2.75, 3.05) is 5.32 Å². The van der Waals surface area contributed by atoms with Crippen LogP contribution in [0, 0.1) is 10.1 Å². The summed E-state index contributed by atoms with van der Waals surface area (Å²) in [7, 11) is 0. The number of nitrogens with one attached hydrogen (secondary N) is 1. The van der Waals surface area contributed by atoms with Gasteiger partial charge in [0.15, 0.2) is 5.16 Å². The van der Waals surface area contributed by atoms with E-state index in [0.29, 0.717) is 10.8 Å². The lowest BCUT2D eigenvalue weighted by Gasteiger charge is -2.12. The highest BCUT2D eigenvalue weighted by Gasteiger charge is 2.19. The molecule has 0 aliphatic carbocycles. The van der Waals surface area contributed by atoms with Crippen LogP contribution in [0.3, 0.4) is 0 Å². The molecule has 1 amide bonds. The van der Waals surface area contributed by atoms with E-state index in [2.05, 4.69) is 15.5 Å². The molecule has 0 saturated heterocycles. The Morgan fingerprint density at radius 3 is 2.54 bits per heavy atom. The van der Waals surface area contributed by atoms with Gasteiger partial charge in [-0.1, -0.05) is 30.0 Å². The van der Waals surface area contributed by atoms with E-state index in [0.717, 1.165) is 5.69 Å². The van der Waals surface area contributed by atoms with Gasteiger partial charge in [0.25, 0.3) is 5.69 Å². The van der Waals surface area contributed by atoms with Crippen LogP contribution < -0.4 is 5.32 Å². The van der Waals surface area contributed by atoms with Crippen LogP contribution in [0.4, 0.5) is 11.4 Å². The molecule has 3 rings (SSSR count). The SMILES string of the molecule is C[C@H](Sc1nncn1-c1ccccc1)C(=O)Nc1ccc([N+](=O)[O-])cc1. The van der Waals surface area contributed by atoms with E-state index in [1.807, 2.05) is 30.3 Å². The molecule has 0 unspecified atom stereocenters. The molecule has 3 aromatic rings. The van der Waals surface area contributed by atoms with Gasteiger partial charge in [-0.25, -0.2) is 0 Å². The van der Waals surface area contributed by atoms with E-state index in [4.69, 9.17) is 0 Å². The number of carbonyl (C=O) groups is 1. The van der Waals surface area contributed by atoms with Crippen LogP contribution in [-0.2, 0) is 4.79 Å². The van der Waals surface area contributed by atoms with Crippen LogP contribution in [0.25, 0.3) is 5.69 Å². The first-order valence-electron chi connectivity index (χ1n) is 7.72. The Hall–Kier alpha value is -3.20. The molecule has 26 heavy (non-hydrogen) atoms. The van der Waals surface area contributed by atoms with E-state index in [1.54, 1.807) is 17.8 Å². The van der Waals surface area contributed by atoms with Crippen molar-refractivity contribution >= 4 is 29.0 Å². The lowest BCUT2D eigenvalue weighted by molar-refractivity contribution is -0.384. The second-order valence-electron chi connectivity index (χ2n) is 5.37. The van der Waals surface area contributed by atoms with Gasteiger partial charge in [0.2, 0.25) is 5.91 Å². The average Bonchev–Trinajstić information content (AvgIpc) is 3.11. The van der Waals surface area contributed by atoms with Gasteiger partial charge in [0.1, 0.15) is 6.33 Å². The predicted molar refractivity (Wildman–Crippen MR) is 98.4 cm³/mol. The van der Waals surface area contributed by atoms with Crippen molar-refractivity contribution in [3.8, 4) is 5.69 Å². The summed E-state index contributed by atoms with van der Waals surface area (Å²) in [6.45, 7) is 1.76. The standard InChI is InChI=1S/C17H15N5O3S/c1-12(16(23)19-13-7-9-15(10-8-13)22(24)25)26-17-20-18-11-21(17)14-5-3-2-4-6-14/h2-12H,1H3,(H,19,23)/t12-/m0/s1. The van der Waals surface area contributed by atoms with Gasteiger partial charge < -0.3 is 5.32 Å². The summed E-state index contributed by atoms with van der Waals surface area (Å²) in [5.74, 6) is -0.230. The maximum absolute atomic E-state index is 12.4. The van der Waals surface area contributed by atoms with E-state index in [-0.39, 0.29) is 11.6 Å². The molecule has 132 valence electrons. The molecule has 2 aromatic carbocycles. The number of hydrogen-bond donors (Lipinski definition) is 1. The fraction of sp³-hybridized carbons (Fsp3) is 0.118. The van der Waals surface area contributed by atoms with E-state index >= 15 is 0 Å². The predicted octanol–water partition coefficient (Wildman–Crippen LogP) is 3.29. The van der Waals surface area contributed by atoms with E-state index in [1.165, 1.54) is 36.0 Å². The molecule has 1 atom stereocenters. The number of anilines is 1. The number of nitro groups is 1. The molecule has 1 heterocycles. The summed E-state index contributed by atoms with van der Waals surface area (Å²) in [5.41, 5.74) is 1.38. The van der Waals surface area contributed by atoms with Crippen molar-refractivity contribution in [2.24, 2.45) is 0 Å². The molecule has 1 N–H and O–H groups in total. The molecule has 0 radical (unpaired) electrons. The third-order valence-electron chi connectivity index (χ3n) is 3.55. The van der Waals surface area contributed by atoms with Crippen LogP contribution in [0.5, 0.6) is 0 Å². The maximum Gasteiger partial charge on any atom is 0.269 e. The Bertz CT molecular complexity index is 912. The van der Waals surface area contributed by atoms with Gasteiger partial charge in [-0.15, -0.1) is 10.2 Å². The third-order valence-corrected chi connectivity index (χ3v) is 4.60. The molecule has 1 aromatic heterocycles. The first-order chi connectivity index (χ1) is 12.5. The molecular weight excluding hydrogens is 354 g/mol. The Balaban J connectivity index is 1.67. The highest BCUT2D eigenvalue weighted by Crippen LogP contribution is 2.25. The second kappa shape index (κ2) is 7.79. The van der Waals surface area contributed by atoms with Gasteiger partial charge in [-0.2, -0.15) is 0 Å². The third kappa shape index (κ3) is 4.06. The minimum absolute atomic E-state index is 0.0265. The van der Waals surface area contributed by atoms with E-state index in [9.17, 15) is 14.9 Å². The summed E-state index contributed by atoms with van der Waals surface area (Å²) < 4.78 is 1.81. The maximum atomic E-state index is 12.4. The Morgan fingerprint density at radius 1 is 1.19 bits per heavy atom. The number of nitrogens with zero attached hydrogens (tertiary/aromatic N) is 4. The van der Waals surface area contributed by atoms with Crippen LogP contribution >= 0.6 is 11.8 Å². The highest BCUT2D eigenvalue weighted by atomic mass is 32.2. The summed E-state index contributed by atoms with van der Waals surface area (Å²) >= 11 is 1.28. The van der Waals surface area contributed by atoms with Crippen LogP contribution in [0.1, 0.15) is 6.92 Å². The molecular formula is C17H15N5O3S. The van der Waals surface area contributed by atoms with Crippen LogP contribution in [-0.4, -0.2) is 30.8 Å². The lowest BCUT2D eigenvalue weighted by atomic mass is 10.3. The number of para-hydroxylation sites is 1. The summed E-state index contributed by atoms with van der Waals surface area (Å²) in [4.78, 5) is 22.6. The molecule has 8 nitrogen and oxygen atoms in total. The largest absolute Gasteiger partial charge is 0.325 e. The molecule has 0 bridgehead atoms. The van der Waals surface area contributed by atoms with Crippen molar-refractivity contribution in [3.63, 3.8) is 0 Å². The quantitative estimate of drug-likeness (QED) is 0.406. The molecule has 0 spiro atoms. The van der Waals surface area contributed by atoms with Crippen molar-refractivity contribution in [1.29, 1.82) is 0 Å². The topological polar surface area (TPSA) is 103 Å². The zero-order chi connectivity index (χ0) is 18.5. The average molecular weight is 369 g/mol. The van der Waals surface area contributed by atoms with Gasteiger partial charge in [0.05, 0.1) is 10.2 Å². The van der Waals surface area contributed by atoms with Crippen LogP contribution in [0.15, 0.2) is 66.1 Å².